The molecule has 2 heterocycles. The topological polar surface area (TPSA) is 80.3 Å². The monoisotopic (exact) mass is 321 g/mol. The number of sulfone groups is 1. The Balaban J connectivity index is 2.34. The van der Waals surface area contributed by atoms with E-state index in [4.69, 9.17) is 0 Å². The Hall–Kier alpha value is -1.99. The number of hydrogen-bond acceptors (Lipinski definition) is 5. The van der Waals surface area contributed by atoms with Gasteiger partial charge in [-0.1, -0.05) is 6.07 Å². The van der Waals surface area contributed by atoms with Gasteiger partial charge in [-0.15, -0.1) is 11.3 Å². The van der Waals surface area contributed by atoms with Crippen LogP contribution in [0.5, 0.6) is 0 Å². The van der Waals surface area contributed by atoms with Gasteiger partial charge in [0.1, 0.15) is 0 Å². The summed E-state index contributed by atoms with van der Waals surface area (Å²) in [6, 6.07) is 6.12. The summed E-state index contributed by atoms with van der Waals surface area (Å²) in [5.74, 6) is -0.918. The normalized spacial score (nSPS) is 15.8. The van der Waals surface area contributed by atoms with Crippen molar-refractivity contribution in [1.82, 2.24) is 0 Å². The Bertz CT molecular complexity index is 865. The zero-order chi connectivity index (χ0) is 15.2. The van der Waals surface area contributed by atoms with Crippen LogP contribution in [0.4, 0.5) is 5.69 Å². The molecule has 1 aromatic heterocycles. The van der Waals surface area contributed by atoms with E-state index >= 15 is 0 Å². The van der Waals surface area contributed by atoms with Gasteiger partial charge >= 0.3 is 0 Å². The summed E-state index contributed by atoms with van der Waals surface area (Å²) in [6.45, 7) is 1.31. The Morgan fingerprint density at radius 1 is 1.29 bits per heavy atom. The van der Waals surface area contributed by atoms with Crippen LogP contribution in [0.25, 0.3) is 0 Å². The number of fused-ring (bicyclic) bond motifs is 2. The quantitative estimate of drug-likeness (QED) is 0.873. The van der Waals surface area contributed by atoms with Gasteiger partial charge in [-0.2, -0.15) is 0 Å². The van der Waals surface area contributed by atoms with Crippen LogP contribution in [0.1, 0.15) is 27.7 Å². The minimum absolute atomic E-state index is 0.0258. The van der Waals surface area contributed by atoms with Gasteiger partial charge < -0.3 is 5.32 Å². The third-order valence-corrected chi connectivity index (χ3v) is 5.85. The molecule has 2 aromatic rings. The number of carbonyl (C=O) groups excluding carboxylic acids is 2. The fraction of sp³-hybridized carbons (Fsp3) is 0.143. The molecular formula is C14H11NO4S2. The molecule has 5 nitrogen and oxygen atoms in total. The predicted molar refractivity (Wildman–Crippen MR) is 79.4 cm³/mol. The van der Waals surface area contributed by atoms with Gasteiger partial charge in [0.25, 0.3) is 0 Å². The van der Waals surface area contributed by atoms with Gasteiger partial charge in [0.05, 0.1) is 26.8 Å². The van der Waals surface area contributed by atoms with E-state index in [2.05, 4.69) is 5.32 Å². The summed E-state index contributed by atoms with van der Waals surface area (Å²) in [7, 11) is -3.62. The van der Waals surface area contributed by atoms with E-state index in [0.29, 0.717) is 10.4 Å². The maximum atomic E-state index is 12.7. The zero-order valence-electron chi connectivity index (χ0n) is 11.0. The molecule has 0 aliphatic carbocycles. The first-order chi connectivity index (χ1) is 9.90. The van der Waals surface area contributed by atoms with Crippen molar-refractivity contribution in [3.63, 3.8) is 0 Å². The molecule has 1 aliphatic heterocycles. The second-order valence-corrected chi connectivity index (χ2v) is 7.60. The summed E-state index contributed by atoms with van der Waals surface area (Å²) in [5, 5.41) is 4.23. The summed E-state index contributed by atoms with van der Waals surface area (Å²) < 4.78 is 25.0. The van der Waals surface area contributed by atoms with Crippen molar-refractivity contribution in [1.29, 1.82) is 0 Å². The lowest BCUT2D eigenvalue weighted by Crippen LogP contribution is -2.14. The lowest BCUT2D eigenvalue weighted by Gasteiger charge is -2.11. The molecule has 3 rings (SSSR count). The first-order valence-corrected chi connectivity index (χ1v) is 8.68. The number of nitrogens with one attached hydrogen (secondary N) is 1. The molecule has 0 bridgehead atoms. The Morgan fingerprint density at radius 2 is 2.05 bits per heavy atom. The highest BCUT2D eigenvalue weighted by Crippen LogP contribution is 2.35. The van der Waals surface area contributed by atoms with E-state index in [1.807, 2.05) is 0 Å². The molecule has 7 heteroatoms. The number of anilines is 1. The van der Waals surface area contributed by atoms with Crippen molar-refractivity contribution in [3.8, 4) is 0 Å². The van der Waals surface area contributed by atoms with Crippen LogP contribution in [0.15, 0.2) is 34.5 Å². The number of amides is 1. The SMILES string of the molecule is CC(=O)Nc1cccc2c1C(=O)c1sccc1CS2(=O)=O. The minimum Gasteiger partial charge on any atom is -0.326 e. The summed E-state index contributed by atoms with van der Waals surface area (Å²) in [5.41, 5.74) is 0.790. The Kier molecular flexibility index (Phi) is 3.18. The largest absolute Gasteiger partial charge is 0.326 e. The summed E-state index contributed by atoms with van der Waals surface area (Å²) in [4.78, 5) is 24.3. The molecule has 0 spiro atoms. The highest BCUT2D eigenvalue weighted by Gasteiger charge is 2.33. The predicted octanol–water partition coefficient (Wildman–Crippen LogP) is 2.22. The fourth-order valence-electron chi connectivity index (χ4n) is 2.36. The lowest BCUT2D eigenvalue weighted by atomic mass is 10.1. The van der Waals surface area contributed by atoms with Crippen LogP contribution in [0, 0.1) is 0 Å². The average molecular weight is 321 g/mol. The number of hydrogen-bond donors (Lipinski definition) is 1. The van der Waals surface area contributed by atoms with Crippen molar-refractivity contribution in [3.05, 3.63) is 45.6 Å². The van der Waals surface area contributed by atoms with Crippen LogP contribution in [0.3, 0.4) is 0 Å². The minimum atomic E-state index is -3.62. The van der Waals surface area contributed by atoms with Crippen molar-refractivity contribution in [2.75, 3.05) is 5.32 Å². The molecule has 0 saturated carbocycles. The Labute approximate surface area is 125 Å². The lowest BCUT2D eigenvalue weighted by molar-refractivity contribution is -0.114. The molecular weight excluding hydrogens is 310 g/mol. The van der Waals surface area contributed by atoms with E-state index < -0.39 is 9.84 Å². The van der Waals surface area contributed by atoms with Gasteiger partial charge in [-0.3, -0.25) is 9.59 Å². The van der Waals surface area contributed by atoms with Gasteiger partial charge in [0.2, 0.25) is 11.7 Å². The van der Waals surface area contributed by atoms with Crippen LogP contribution < -0.4 is 5.32 Å². The van der Waals surface area contributed by atoms with E-state index in [1.54, 1.807) is 11.4 Å². The van der Waals surface area contributed by atoms with E-state index in [0.717, 1.165) is 0 Å². The summed E-state index contributed by atoms with van der Waals surface area (Å²) >= 11 is 1.21. The molecule has 0 unspecified atom stereocenters. The third-order valence-electron chi connectivity index (χ3n) is 3.20. The van der Waals surface area contributed by atoms with E-state index in [-0.39, 0.29) is 33.6 Å². The molecule has 0 saturated heterocycles. The van der Waals surface area contributed by atoms with E-state index in [9.17, 15) is 18.0 Å². The van der Waals surface area contributed by atoms with Gasteiger partial charge in [-0.05, 0) is 29.1 Å². The molecule has 0 fully saturated rings. The molecule has 21 heavy (non-hydrogen) atoms. The van der Waals surface area contributed by atoms with Gasteiger partial charge in [-0.25, -0.2) is 8.42 Å². The number of thiophene rings is 1. The van der Waals surface area contributed by atoms with Crippen molar-refractivity contribution < 1.29 is 18.0 Å². The van der Waals surface area contributed by atoms with Gasteiger partial charge in [0, 0.05) is 6.92 Å². The molecule has 1 aliphatic rings. The number of rotatable bonds is 1. The van der Waals surface area contributed by atoms with Crippen molar-refractivity contribution >= 4 is 38.6 Å². The highest BCUT2D eigenvalue weighted by molar-refractivity contribution is 7.90. The molecule has 1 N–H and O–H groups in total. The van der Waals surface area contributed by atoms with Crippen LogP contribution in [-0.2, 0) is 20.4 Å². The standard InChI is InChI=1S/C14H11NO4S2/c1-8(16)15-10-3-2-4-11-12(10)13(17)14-9(5-6-20-14)7-21(11,18)19/h2-6H,7H2,1H3,(H,15,16). The molecule has 0 atom stereocenters. The highest BCUT2D eigenvalue weighted by atomic mass is 32.2. The number of ketones is 1. The maximum Gasteiger partial charge on any atom is 0.221 e. The van der Waals surface area contributed by atoms with E-state index in [1.165, 1.54) is 36.5 Å². The van der Waals surface area contributed by atoms with Crippen molar-refractivity contribution in [2.24, 2.45) is 0 Å². The van der Waals surface area contributed by atoms with Crippen LogP contribution >= 0.6 is 11.3 Å². The zero-order valence-corrected chi connectivity index (χ0v) is 12.7. The first kappa shape index (κ1) is 14.0. The van der Waals surface area contributed by atoms with Gasteiger partial charge in [0.15, 0.2) is 9.84 Å². The van der Waals surface area contributed by atoms with Crippen LogP contribution in [-0.4, -0.2) is 20.1 Å². The number of carbonyl (C=O) groups is 2. The smallest absolute Gasteiger partial charge is 0.221 e. The summed E-state index contributed by atoms with van der Waals surface area (Å²) in [6.07, 6.45) is 0. The fourth-order valence-corrected chi connectivity index (χ4v) is 4.93. The molecule has 108 valence electrons. The van der Waals surface area contributed by atoms with Crippen molar-refractivity contribution in [2.45, 2.75) is 17.6 Å². The second-order valence-electron chi connectivity index (χ2n) is 4.72. The second kappa shape index (κ2) is 4.78. The Morgan fingerprint density at radius 3 is 2.76 bits per heavy atom. The first-order valence-electron chi connectivity index (χ1n) is 6.14. The molecule has 1 aromatic carbocycles. The molecule has 0 radical (unpaired) electrons. The third kappa shape index (κ3) is 2.28. The maximum absolute atomic E-state index is 12.7. The average Bonchev–Trinajstić information content (AvgIpc) is 2.81. The number of benzene rings is 1. The van der Waals surface area contributed by atoms with Crippen LogP contribution in [0.2, 0.25) is 0 Å². The molecule has 1 amide bonds.